The number of nitrogens with zero attached hydrogens (tertiary/aromatic N) is 3. The Kier molecular flexibility index (Phi) is 7.33. The van der Waals surface area contributed by atoms with Crippen molar-refractivity contribution in [3.8, 4) is 0 Å². The topological polar surface area (TPSA) is 64.6 Å². The zero-order chi connectivity index (χ0) is 21.7. The molecule has 0 bridgehead atoms. The van der Waals surface area contributed by atoms with Crippen LogP contribution in [-0.2, 0) is 6.18 Å². The number of alkyl halides is 3. The van der Waals surface area contributed by atoms with Crippen molar-refractivity contribution in [2.75, 3.05) is 31.6 Å². The largest absolute Gasteiger partial charge is 0.416 e. The Morgan fingerprint density at radius 3 is 2.73 bits per heavy atom. The lowest BCUT2D eigenvalue weighted by atomic mass is 9.97. The van der Waals surface area contributed by atoms with Crippen LogP contribution in [0.15, 0.2) is 29.0 Å². The molecule has 10 heteroatoms. The maximum Gasteiger partial charge on any atom is 0.416 e. The van der Waals surface area contributed by atoms with Gasteiger partial charge in [0.2, 0.25) is 0 Å². The Hall–Kier alpha value is -2.16. The summed E-state index contributed by atoms with van der Waals surface area (Å²) in [5.74, 6) is 1.28. The molecule has 6 nitrogen and oxygen atoms in total. The molecule has 2 atom stereocenters. The van der Waals surface area contributed by atoms with E-state index < -0.39 is 11.7 Å². The molecule has 0 amide bonds. The Morgan fingerprint density at radius 1 is 1.30 bits per heavy atom. The van der Waals surface area contributed by atoms with E-state index in [-0.39, 0.29) is 17.0 Å². The lowest BCUT2D eigenvalue weighted by Crippen LogP contribution is -2.46. The maximum absolute atomic E-state index is 13.2. The van der Waals surface area contributed by atoms with Gasteiger partial charge >= 0.3 is 6.18 Å². The summed E-state index contributed by atoms with van der Waals surface area (Å²) in [7, 11) is 1.73. The molecular formula is C20H28ClF3N6. The van der Waals surface area contributed by atoms with Crippen LogP contribution in [0.1, 0.15) is 38.2 Å². The minimum atomic E-state index is -4.45. The van der Waals surface area contributed by atoms with Gasteiger partial charge in [-0.2, -0.15) is 13.2 Å². The molecule has 0 radical (unpaired) electrons. The van der Waals surface area contributed by atoms with E-state index in [1.165, 1.54) is 0 Å². The van der Waals surface area contributed by atoms with Crippen molar-refractivity contribution in [1.29, 1.82) is 0 Å². The van der Waals surface area contributed by atoms with Gasteiger partial charge in [0.1, 0.15) is 11.0 Å². The highest BCUT2D eigenvalue weighted by Crippen LogP contribution is 2.33. The molecule has 2 unspecified atom stereocenters. The summed E-state index contributed by atoms with van der Waals surface area (Å²) in [6, 6.07) is 2.08. The summed E-state index contributed by atoms with van der Waals surface area (Å²) >= 11 is 5.87. The van der Waals surface area contributed by atoms with E-state index in [4.69, 9.17) is 11.6 Å². The van der Waals surface area contributed by atoms with Crippen molar-refractivity contribution in [1.82, 2.24) is 20.9 Å². The summed E-state index contributed by atoms with van der Waals surface area (Å²) in [5, 5.41) is 9.89. The molecule has 3 heterocycles. The minimum absolute atomic E-state index is 0.139. The number of aromatic nitrogens is 1. The van der Waals surface area contributed by atoms with Crippen LogP contribution in [0.2, 0.25) is 5.15 Å². The normalized spacial score (nSPS) is 23.3. The van der Waals surface area contributed by atoms with Crippen LogP contribution in [0, 0.1) is 5.92 Å². The molecule has 0 spiro atoms. The number of guanidine groups is 1. The molecular weight excluding hydrogens is 417 g/mol. The summed E-state index contributed by atoms with van der Waals surface area (Å²) in [6.07, 6.45) is 1.10. The fourth-order valence-corrected chi connectivity index (χ4v) is 3.94. The van der Waals surface area contributed by atoms with Gasteiger partial charge in [0, 0.05) is 44.6 Å². The molecule has 1 aromatic rings. The third kappa shape index (κ3) is 5.93. The van der Waals surface area contributed by atoms with E-state index in [1.807, 2.05) is 11.1 Å². The first-order valence-electron chi connectivity index (χ1n) is 10.2. The highest BCUT2D eigenvalue weighted by Gasteiger charge is 2.33. The molecule has 0 aliphatic carbocycles. The lowest BCUT2D eigenvalue weighted by molar-refractivity contribution is -0.137. The number of pyridine rings is 1. The lowest BCUT2D eigenvalue weighted by Gasteiger charge is -2.26. The summed E-state index contributed by atoms with van der Waals surface area (Å²) in [6.45, 7) is 4.31. The van der Waals surface area contributed by atoms with E-state index in [1.54, 1.807) is 7.05 Å². The molecule has 1 saturated heterocycles. The van der Waals surface area contributed by atoms with Crippen molar-refractivity contribution in [3.05, 3.63) is 34.7 Å². The average molecular weight is 445 g/mol. The maximum atomic E-state index is 13.2. The first-order valence-corrected chi connectivity index (χ1v) is 10.6. The number of hydrogen-bond acceptors (Lipinski definition) is 4. The number of allylic oxidation sites excluding steroid dienone is 1. The van der Waals surface area contributed by atoms with Gasteiger partial charge in [-0.05, 0) is 43.7 Å². The SMILES string of the molecule is CN=C(NC1=CNCCC1)NC1CCN(c2cc(C(F)(F)F)cc(Cl)n2)CCC1C. The fraction of sp³-hybridized carbons (Fsp3) is 0.600. The predicted octanol–water partition coefficient (Wildman–Crippen LogP) is 3.75. The van der Waals surface area contributed by atoms with E-state index in [0.29, 0.717) is 25.0 Å². The van der Waals surface area contributed by atoms with Crippen LogP contribution in [0.4, 0.5) is 19.0 Å². The van der Waals surface area contributed by atoms with E-state index in [2.05, 4.69) is 32.9 Å². The molecule has 1 fully saturated rings. The molecule has 2 aliphatic rings. The van der Waals surface area contributed by atoms with Crippen LogP contribution in [0.25, 0.3) is 0 Å². The van der Waals surface area contributed by atoms with Gasteiger partial charge in [0.05, 0.1) is 5.56 Å². The second-order valence-corrected chi connectivity index (χ2v) is 8.14. The summed E-state index contributed by atoms with van der Waals surface area (Å²) in [5.41, 5.74) is 0.309. The zero-order valence-electron chi connectivity index (χ0n) is 17.2. The summed E-state index contributed by atoms with van der Waals surface area (Å²) in [4.78, 5) is 10.3. The van der Waals surface area contributed by atoms with E-state index in [0.717, 1.165) is 50.1 Å². The summed E-state index contributed by atoms with van der Waals surface area (Å²) < 4.78 is 39.5. The van der Waals surface area contributed by atoms with Crippen molar-refractivity contribution < 1.29 is 13.2 Å². The van der Waals surface area contributed by atoms with Gasteiger partial charge in [-0.1, -0.05) is 18.5 Å². The molecule has 3 rings (SSSR count). The monoisotopic (exact) mass is 444 g/mol. The quantitative estimate of drug-likeness (QED) is 0.376. The predicted molar refractivity (Wildman–Crippen MR) is 114 cm³/mol. The Labute approximate surface area is 180 Å². The smallest absolute Gasteiger partial charge is 0.389 e. The average Bonchev–Trinajstić information content (AvgIpc) is 2.89. The van der Waals surface area contributed by atoms with Crippen LogP contribution in [0.5, 0.6) is 0 Å². The molecule has 3 N–H and O–H groups in total. The van der Waals surface area contributed by atoms with E-state index >= 15 is 0 Å². The van der Waals surface area contributed by atoms with E-state index in [9.17, 15) is 13.2 Å². The highest BCUT2D eigenvalue weighted by molar-refractivity contribution is 6.29. The standard InChI is InChI=1S/C20H28ClF3N6/c1-13-5-8-30(18-11-14(20(22,23)24)10-17(21)29-18)9-6-16(13)28-19(25-2)27-15-4-3-7-26-12-15/h10-13,16,26H,3-9H2,1-2H3,(H2,25,27,28). The second-order valence-electron chi connectivity index (χ2n) is 7.75. The van der Waals surface area contributed by atoms with Crippen molar-refractivity contribution >= 4 is 23.4 Å². The number of hydrogen-bond donors (Lipinski definition) is 3. The van der Waals surface area contributed by atoms with Crippen LogP contribution in [-0.4, -0.2) is 43.7 Å². The van der Waals surface area contributed by atoms with Gasteiger partial charge in [-0.3, -0.25) is 4.99 Å². The van der Waals surface area contributed by atoms with Gasteiger partial charge < -0.3 is 20.9 Å². The molecule has 0 saturated carbocycles. The fourth-order valence-electron chi connectivity index (χ4n) is 3.74. The Bertz CT molecular complexity index is 795. The molecule has 2 aliphatic heterocycles. The third-order valence-electron chi connectivity index (χ3n) is 5.55. The van der Waals surface area contributed by atoms with Crippen molar-refractivity contribution in [2.24, 2.45) is 10.9 Å². The Balaban J connectivity index is 1.67. The number of anilines is 1. The zero-order valence-corrected chi connectivity index (χ0v) is 17.9. The van der Waals surface area contributed by atoms with Crippen molar-refractivity contribution in [2.45, 2.75) is 44.8 Å². The van der Waals surface area contributed by atoms with Gasteiger partial charge in [0.25, 0.3) is 0 Å². The van der Waals surface area contributed by atoms with Crippen LogP contribution < -0.4 is 20.9 Å². The van der Waals surface area contributed by atoms with Gasteiger partial charge in [0.15, 0.2) is 5.96 Å². The molecule has 30 heavy (non-hydrogen) atoms. The van der Waals surface area contributed by atoms with Crippen LogP contribution in [0.3, 0.4) is 0 Å². The molecule has 1 aromatic heterocycles. The first kappa shape index (κ1) is 22.5. The third-order valence-corrected chi connectivity index (χ3v) is 5.74. The van der Waals surface area contributed by atoms with Gasteiger partial charge in [-0.25, -0.2) is 4.98 Å². The van der Waals surface area contributed by atoms with Crippen LogP contribution >= 0.6 is 11.6 Å². The Morgan fingerprint density at radius 2 is 2.07 bits per heavy atom. The molecule has 0 aromatic carbocycles. The second kappa shape index (κ2) is 9.76. The first-order chi connectivity index (χ1) is 14.3. The number of halogens is 4. The van der Waals surface area contributed by atoms with Crippen molar-refractivity contribution in [3.63, 3.8) is 0 Å². The number of aliphatic imine (C=N–C) groups is 1. The highest BCUT2D eigenvalue weighted by atomic mass is 35.5. The molecule has 166 valence electrons. The number of nitrogens with one attached hydrogen (secondary N) is 3. The minimum Gasteiger partial charge on any atom is -0.389 e. The van der Waals surface area contributed by atoms with Gasteiger partial charge in [-0.15, -0.1) is 0 Å². The number of rotatable bonds is 3.